The predicted molar refractivity (Wildman–Crippen MR) is 79.1 cm³/mol. The molecule has 0 bridgehead atoms. The van der Waals surface area contributed by atoms with Crippen LogP contribution in [-0.2, 0) is 0 Å². The van der Waals surface area contributed by atoms with Crippen LogP contribution in [0.15, 0.2) is 40.2 Å². The van der Waals surface area contributed by atoms with Gasteiger partial charge in [-0.15, -0.1) is 11.3 Å². The van der Waals surface area contributed by atoms with Gasteiger partial charge in [0.15, 0.2) is 0 Å². The monoisotopic (exact) mass is 407 g/mol. The topological polar surface area (TPSA) is 29.1 Å². The van der Waals surface area contributed by atoms with E-state index >= 15 is 0 Å². The van der Waals surface area contributed by atoms with Crippen LogP contribution < -0.4 is 5.32 Å². The van der Waals surface area contributed by atoms with E-state index < -0.39 is 0 Å². The Morgan fingerprint density at radius 3 is 2.50 bits per heavy atom. The summed E-state index contributed by atoms with van der Waals surface area (Å²) in [6.45, 7) is 0. The SMILES string of the molecule is O=C(Nc1ccc(I)cc1)c1sccc1Br. The summed E-state index contributed by atoms with van der Waals surface area (Å²) in [6, 6.07) is 9.56. The molecule has 1 aromatic heterocycles. The Morgan fingerprint density at radius 1 is 1.25 bits per heavy atom. The van der Waals surface area contributed by atoms with E-state index in [9.17, 15) is 4.79 Å². The number of carbonyl (C=O) groups is 1. The van der Waals surface area contributed by atoms with Crippen molar-refractivity contribution >= 4 is 61.5 Å². The number of rotatable bonds is 2. The maximum atomic E-state index is 11.8. The van der Waals surface area contributed by atoms with Crippen molar-refractivity contribution in [1.82, 2.24) is 0 Å². The Bertz CT molecular complexity index is 509. The molecule has 0 radical (unpaired) electrons. The third kappa shape index (κ3) is 2.83. The van der Waals surface area contributed by atoms with Crippen LogP contribution in [0.5, 0.6) is 0 Å². The summed E-state index contributed by atoms with van der Waals surface area (Å²) in [7, 11) is 0. The Kier molecular flexibility index (Phi) is 3.99. The van der Waals surface area contributed by atoms with Crippen LogP contribution in [0.1, 0.15) is 9.67 Å². The Labute approximate surface area is 119 Å². The van der Waals surface area contributed by atoms with Crippen molar-refractivity contribution < 1.29 is 4.79 Å². The summed E-state index contributed by atoms with van der Waals surface area (Å²) in [5, 5.41) is 4.73. The molecule has 0 saturated carbocycles. The van der Waals surface area contributed by atoms with Gasteiger partial charge >= 0.3 is 0 Å². The Hall–Kier alpha value is -0.400. The van der Waals surface area contributed by atoms with Crippen LogP contribution in [0.2, 0.25) is 0 Å². The second-order valence-corrected chi connectivity index (χ2v) is 6.07. The number of hydrogen-bond acceptors (Lipinski definition) is 2. The molecule has 5 heteroatoms. The van der Waals surface area contributed by atoms with Gasteiger partial charge in [-0.25, -0.2) is 0 Å². The summed E-state index contributed by atoms with van der Waals surface area (Å²) < 4.78 is 1.98. The van der Waals surface area contributed by atoms with Gasteiger partial charge in [0.25, 0.3) is 5.91 Å². The largest absolute Gasteiger partial charge is 0.321 e. The van der Waals surface area contributed by atoms with Crippen molar-refractivity contribution in [2.45, 2.75) is 0 Å². The lowest BCUT2D eigenvalue weighted by Crippen LogP contribution is -2.10. The van der Waals surface area contributed by atoms with Crippen molar-refractivity contribution in [3.8, 4) is 0 Å². The Balaban J connectivity index is 2.14. The van der Waals surface area contributed by atoms with Gasteiger partial charge in [0, 0.05) is 13.7 Å². The lowest BCUT2D eigenvalue weighted by molar-refractivity contribution is 0.103. The molecule has 1 N–H and O–H groups in total. The molecule has 1 aromatic carbocycles. The zero-order valence-corrected chi connectivity index (χ0v) is 12.6. The Morgan fingerprint density at radius 2 is 1.94 bits per heavy atom. The van der Waals surface area contributed by atoms with Crippen LogP contribution in [0, 0.1) is 3.57 Å². The molecule has 82 valence electrons. The number of amides is 1. The van der Waals surface area contributed by atoms with Gasteiger partial charge in [-0.2, -0.15) is 0 Å². The number of nitrogens with one attached hydrogen (secondary N) is 1. The van der Waals surface area contributed by atoms with E-state index in [4.69, 9.17) is 0 Å². The fourth-order valence-corrected chi connectivity index (χ4v) is 2.98. The van der Waals surface area contributed by atoms with Gasteiger partial charge in [0.05, 0.1) is 0 Å². The average Bonchev–Trinajstić information content (AvgIpc) is 2.68. The molecule has 2 aromatic rings. The van der Waals surface area contributed by atoms with Gasteiger partial charge in [0.1, 0.15) is 4.88 Å². The van der Waals surface area contributed by atoms with E-state index in [0.717, 1.165) is 13.7 Å². The highest BCUT2D eigenvalue weighted by Gasteiger charge is 2.11. The molecule has 1 heterocycles. The standard InChI is InChI=1S/C11H7BrINOS/c12-9-5-6-16-10(9)11(15)14-8-3-1-7(13)2-4-8/h1-6H,(H,14,15). The predicted octanol–water partition coefficient (Wildman–Crippen LogP) is 4.37. The van der Waals surface area contributed by atoms with E-state index in [-0.39, 0.29) is 5.91 Å². The van der Waals surface area contributed by atoms with E-state index in [2.05, 4.69) is 43.8 Å². The van der Waals surface area contributed by atoms with Gasteiger partial charge in [-0.3, -0.25) is 4.79 Å². The number of hydrogen-bond donors (Lipinski definition) is 1. The molecule has 0 unspecified atom stereocenters. The van der Waals surface area contributed by atoms with E-state index in [1.165, 1.54) is 11.3 Å². The van der Waals surface area contributed by atoms with E-state index in [1.54, 1.807) is 0 Å². The van der Waals surface area contributed by atoms with E-state index in [0.29, 0.717) is 4.88 Å². The molecule has 0 aliphatic heterocycles. The second kappa shape index (κ2) is 5.29. The first-order valence-electron chi connectivity index (χ1n) is 4.47. The van der Waals surface area contributed by atoms with Crippen molar-refractivity contribution in [2.24, 2.45) is 0 Å². The lowest BCUT2D eigenvalue weighted by atomic mass is 10.3. The quantitative estimate of drug-likeness (QED) is 0.736. The van der Waals surface area contributed by atoms with Crippen LogP contribution in [-0.4, -0.2) is 5.91 Å². The molecular formula is C11H7BrINOS. The summed E-state index contributed by atoms with van der Waals surface area (Å²) in [6.07, 6.45) is 0. The molecule has 0 aliphatic carbocycles. The van der Waals surface area contributed by atoms with Crippen LogP contribution in [0.3, 0.4) is 0 Å². The highest BCUT2D eigenvalue weighted by Crippen LogP contribution is 2.23. The molecular weight excluding hydrogens is 401 g/mol. The smallest absolute Gasteiger partial charge is 0.266 e. The molecule has 0 spiro atoms. The highest BCUT2D eigenvalue weighted by molar-refractivity contribution is 14.1. The van der Waals surface area contributed by atoms with Crippen molar-refractivity contribution in [3.05, 3.63) is 48.6 Å². The van der Waals surface area contributed by atoms with Gasteiger partial charge in [0.2, 0.25) is 0 Å². The van der Waals surface area contributed by atoms with Crippen LogP contribution in [0.25, 0.3) is 0 Å². The molecule has 0 saturated heterocycles. The van der Waals surface area contributed by atoms with Crippen molar-refractivity contribution in [3.63, 3.8) is 0 Å². The maximum absolute atomic E-state index is 11.8. The molecule has 1 amide bonds. The van der Waals surface area contributed by atoms with Gasteiger partial charge in [-0.1, -0.05) is 0 Å². The molecule has 2 nitrogen and oxygen atoms in total. The first kappa shape index (κ1) is 12.1. The highest BCUT2D eigenvalue weighted by atomic mass is 127. The van der Waals surface area contributed by atoms with Gasteiger partial charge in [-0.05, 0) is 74.2 Å². The van der Waals surface area contributed by atoms with E-state index in [1.807, 2.05) is 35.7 Å². The normalized spacial score (nSPS) is 10.1. The zero-order valence-electron chi connectivity index (χ0n) is 8.04. The first-order chi connectivity index (χ1) is 7.66. The van der Waals surface area contributed by atoms with Crippen molar-refractivity contribution in [1.29, 1.82) is 0 Å². The summed E-state index contributed by atoms with van der Waals surface area (Å²) in [4.78, 5) is 12.5. The summed E-state index contributed by atoms with van der Waals surface area (Å²) >= 11 is 6.99. The van der Waals surface area contributed by atoms with Crippen LogP contribution in [0.4, 0.5) is 5.69 Å². The first-order valence-corrected chi connectivity index (χ1v) is 7.22. The third-order valence-electron chi connectivity index (χ3n) is 1.93. The van der Waals surface area contributed by atoms with Crippen LogP contribution >= 0.6 is 49.9 Å². The zero-order chi connectivity index (χ0) is 11.5. The minimum absolute atomic E-state index is 0.0805. The summed E-state index contributed by atoms with van der Waals surface area (Å²) in [5.74, 6) is -0.0805. The second-order valence-electron chi connectivity index (χ2n) is 3.06. The molecule has 16 heavy (non-hydrogen) atoms. The molecule has 0 atom stereocenters. The third-order valence-corrected chi connectivity index (χ3v) is 4.48. The fraction of sp³-hybridized carbons (Fsp3) is 0. The number of carbonyl (C=O) groups excluding carboxylic acids is 1. The fourth-order valence-electron chi connectivity index (χ4n) is 1.18. The summed E-state index contributed by atoms with van der Waals surface area (Å²) in [5.41, 5.74) is 0.811. The lowest BCUT2D eigenvalue weighted by Gasteiger charge is -2.03. The average molecular weight is 408 g/mol. The number of halogens is 2. The maximum Gasteiger partial charge on any atom is 0.266 e. The van der Waals surface area contributed by atoms with Gasteiger partial charge < -0.3 is 5.32 Å². The van der Waals surface area contributed by atoms with Crippen molar-refractivity contribution in [2.75, 3.05) is 5.32 Å². The molecule has 2 rings (SSSR count). The number of thiophene rings is 1. The molecule has 0 aliphatic rings. The number of benzene rings is 1. The minimum Gasteiger partial charge on any atom is -0.321 e. The molecule has 0 fully saturated rings. The minimum atomic E-state index is -0.0805. The number of anilines is 1.